The summed E-state index contributed by atoms with van der Waals surface area (Å²) in [5, 5.41) is 10.2. The lowest BCUT2D eigenvalue weighted by molar-refractivity contribution is 0.267. The summed E-state index contributed by atoms with van der Waals surface area (Å²) >= 11 is 9.46. The van der Waals surface area contributed by atoms with Crippen molar-refractivity contribution in [1.29, 1.82) is 5.26 Å². The molecule has 0 saturated carbocycles. The van der Waals surface area contributed by atoms with E-state index in [1.54, 1.807) is 24.3 Å². The molecule has 3 aromatic carbocycles. The SMILES string of the molecule is CCOc1cc(/C=C(/C#N)c2cccc(F)c2)cc(Br)c1OCc1ccc(Cl)cc1. The molecule has 0 aliphatic rings. The van der Waals surface area contributed by atoms with Crippen LogP contribution >= 0.6 is 27.5 Å². The van der Waals surface area contributed by atoms with Gasteiger partial charge in [0.15, 0.2) is 11.5 Å². The second kappa shape index (κ2) is 10.3. The number of halogens is 3. The van der Waals surface area contributed by atoms with Crippen LogP contribution in [0.25, 0.3) is 11.6 Å². The van der Waals surface area contributed by atoms with E-state index in [-0.39, 0.29) is 0 Å². The molecule has 0 aliphatic heterocycles. The smallest absolute Gasteiger partial charge is 0.175 e. The molecule has 0 saturated heterocycles. The van der Waals surface area contributed by atoms with E-state index in [9.17, 15) is 9.65 Å². The zero-order chi connectivity index (χ0) is 21.5. The number of nitriles is 1. The molecule has 0 aliphatic carbocycles. The lowest BCUT2D eigenvalue weighted by Crippen LogP contribution is -2.01. The van der Waals surface area contributed by atoms with Crippen LogP contribution in [0.1, 0.15) is 23.6 Å². The van der Waals surface area contributed by atoms with E-state index in [0.717, 1.165) is 11.1 Å². The number of rotatable bonds is 7. The predicted octanol–water partition coefficient (Wildman–Crippen LogP) is 7.28. The van der Waals surface area contributed by atoms with Gasteiger partial charge in [0.2, 0.25) is 0 Å². The van der Waals surface area contributed by atoms with Gasteiger partial charge in [0.1, 0.15) is 12.4 Å². The molecule has 0 N–H and O–H groups in total. The van der Waals surface area contributed by atoms with Gasteiger partial charge in [-0.05, 0) is 82.0 Å². The van der Waals surface area contributed by atoms with E-state index < -0.39 is 5.82 Å². The van der Waals surface area contributed by atoms with Gasteiger partial charge in [-0.15, -0.1) is 0 Å². The summed E-state index contributed by atoms with van der Waals surface area (Å²) in [5.41, 5.74) is 2.55. The van der Waals surface area contributed by atoms with Gasteiger partial charge in [-0.1, -0.05) is 35.9 Å². The summed E-state index contributed by atoms with van der Waals surface area (Å²) < 4.78 is 26.0. The highest BCUT2D eigenvalue weighted by atomic mass is 79.9. The second-order valence-electron chi connectivity index (χ2n) is 6.36. The molecule has 152 valence electrons. The second-order valence-corrected chi connectivity index (χ2v) is 7.65. The maximum atomic E-state index is 13.5. The lowest BCUT2D eigenvalue weighted by atomic mass is 10.0. The van der Waals surface area contributed by atoms with Crippen LogP contribution in [0.15, 0.2) is 65.1 Å². The molecular formula is C24H18BrClFNO2. The Kier molecular flexibility index (Phi) is 7.51. The van der Waals surface area contributed by atoms with Gasteiger partial charge in [0.05, 0.1) is 22.7 Å². The van der Waals surface area contributed by atoms with Crippen molar-refractivity contribution in [1.82, 2.24) is 0 Å². The van der Waals surface area contributed by atoms with Crippen LogP contribution < -0.4 is 9.47 Å². The Hall–Kier alpha value is -2.81. The van der Waals surface area contributed by atoms with Crippen LogP contribution in [0.4, 0.5) is 4.39 Å². The fourth-order valence-electron chi connectivity index (χ4n) is 2.81. The molecule has 3 nitrogen and oxygen atoms in total. The molecule has 30 heavy (non-hydrogen) atoms. The van der Waals surface area contributed by atoms with Gasteiger partial charge in [0, 0.05) is 5.02 Å². The van der Waals surface area contributed by atoms with Gasteiger partial charge in [-0.25, -0.2) is 4.39 Å². The minimum atomic E-state index is -0.393. The number of nitrogens with zero attached hydrogens (tertiary/aromatic N) is 1. The molecule has 0 amide bonds. The first-order valence-electron chi connectivity index (χ1n) is 9.21. The molecule has 0 aromatic heterocycles. The molecule has 0 spiro atoms. The van der Waals surface area contributed by atoms with Crippen LogP contribution in [0, 0.1) is 17.1 Å². The Bertz CT molecular complexity index is 1110. The molecule has 3 aromatic rings. The van der Waals surface area contributed by atoms with Gasteiger partial charge >= 0.3 is 0 Å². The molecule has 3 rings (SSSR count). The first-order chi connectivity index (χ1) is 14.5. The molecule has 0 heterocycles. The summed E-state index contributed by atoms with van der Waals surface area (Å²) in [6.45, 7) is 2.68. The Balaban J connectivity index is 1.92. The standard InChI is InChI=1S/C24H18BrClFNO2/c1-2-29-23-12-17(10-19(14-28)18-4-3-5-21(27)13-18)11-22(25)24(23)30-15-16-6-8-20(26)9-7-16/h3-13H,2,15H2,1H3/b19-10-. The highest BCUT2D eigenvalue weighted by Crippen LogP contribution is 2.38. The molecular weight excluding hydrogens is 469 g/mol. The molecule has 0 fully saturated rings. The van der Waals surface area contributed by atoms with Crippen LogP contribution in [-0.4, -0.2) is 6.61 Å². The third-order valence-electron chi connectivity index (χ3n) is 4.20. The van der Waals surface area contributed by atoms with Gasteiger partial charge in [0.25, 0.3) is 0 Å². The number of benzene rings is 3. The maximum absolute atomic E-state index is 13.5. The average Bonchev–Trinajstić information content (AvgIpc) is 2.73. The summed E-state index contributed by atoms with van der Waals surface area (Å²) in [6.07, 6.45) is 1.69. The number of allylic oxidation sites excluding steroid dienone is 1. The Morgan fingerprint density at radius 2 is 1.90 bits per heavy atom. The van der Waals surface area contributed by atoms with Crippen molar-refractivity contribution in [2.75, 3.05) is 6.61 Å². The topological polar surface area (TPSA) is 42.2 Å². The first-order valence-corrected chi connectivity index (χ1v) is 10.4. The Labute approximate surface area is 188 Å². The fraction of sp³-hybridized carbons (Fsp3) is 0.125. The Morgan fingerprint density at radius 1 is 1.13 bits per heavy atom. The lowest BCUT2D eigenvalue weighted by Gasteiger charge is -2.15. The fourth-order valence-corrected chi connectivity index (χ4v) is 3.51. The highest BCUT2D eigenvalue weighted by molar-refractivity contribution is 9.10. The van der Waals surface area contributed by atoms with Crippen LogP contribution in [0.5, 0.6) is 11.5 Å². The summed E-state index contributed by atoms with van der Waals surface area (Å²) in [7, 11) is 0. The largest absolute Gasteiger partial charge is 0.490 e. The summed E-state index contributed by atoms with van der Waals surface area (Å²) in [5.74, 6) is 0.715. The highest BCUT2D eigenvalue weighted by Gasteiger charge is 2.13. The molecule has 6 heteroatoms. The van der Waals surface area contributed by atoms with Crippen LogP contribution in [-0.2, 0) is 6.61 Å². The van der Waals surface area contributed by atoms with E-state index >= 15 is 0 Å². The minimum Gasteiger partial charge on any atom is -0.490 e. The van der Waals surface area contributed by atoms with Crippen molar-refractivity contribution >= 4 is 39.2 Å². The number of ether oxygens (including phenoxy) is 2. The van der Waals surface area contributed by atoms with E-state index in [1.165, 1.54) is 12.1 Å². The van der Waals surface area contributed by atoms with Gasteiger partial charge < -0.3 is 9.47 Å². The molecule has 0 radical (unpaired) electrons. The predicted molar refractivity (Wildman–Crippen MR) is 121 cm³/mol. The quantitative estimate of drug-likeness (QED) is 0.260. The first kappa shape index (κ1) is 21.9. The molecule has 0 atom stereocenters. The maximum Gasteiger partial charge on any atom is 0.175 e. The van der Waals surface area contributed by atoms with Crippen molar-refractivity contribution < 1.29 is 13.9 Å². The van der Waals surface area contributed by atoms with Crippen molar-refractivity contribution in [3.63, 3.8) is 0 Å². The third-order valence-corrected chi connectivity index (χ3v) is 5.04. The van der Waals surface area contributed by atoms with E-state index in [1.807, 2.05) is 37.3 Å². The van der Waals surface area contributed by atoms with E-state index in [4.69, 9.17) is 21.1 Å². The van der Waals surface area contributed by atoms with E-state index in [2.05, 4.69) is 22.0 Å². The van der Waals surface area contributed by atoms with E-state index in [0.29, 0.717) is 45.3 Å². The zero-order valence-corrected chi connectivity index (χ0v) is 18.5. The number of hydrogen-bond donors (Lipinski definition) is 0. The third kappa shape index (κ3) is 5.63. The van der Waals surface area contributed by atoms with Crippen molar-refractivity contribution in [2.24, 2.45) is 0 Å². The van der Waals surface area contributed by atoms with Crippen molar-refractivity contribution in [3.8, 4) is 17.6 Å². The minimum absolute atomic E-state index is 0.345. The van der Waals surface area contributed by atoms with Crippen LogP contribution in [0.3, 0.4) is 0 Å². The number of hydrogen-bond acceptors (Lipinski definition) is 3. The van der Waals surface area contributed by atoms with Crippen molar-refractivity contribution in [3.05, 3.63) is 92.7 Å². The molecule has 0 unspecified atom stereocenters. The van der Waals surface area contributed by atoms with Gasteiger partial charge in [-0.2, -0.15) is 5.26 Å². The van der Waals surface area contributed by atoms with Crippen molar-refractivity contribution in [2.45, 2.75) is 13.5 Å². The molecule has 0 bridgehead atoms. The Morgan fingerprint density at radius 3 is 2.57 bits per heavy atom. The van der Waals surface area contributed by atoms with Crippen LogP contribution in [0.2, 0.25) is 5.02 Å². The zero-order valence-electron chi connectivity index (χ0n) is 16.2. The van der Waals surface area contributed by atoms with Gasteiger partial charge in [-0.3, -0.25) is 0 Å². The summed E-state index contributed by atoms with van der Waals surface area (Å²) in [6, 6.07) is 19.1. The average molecular weight is 487 g/mol. The summed E-state index contributed by atoms with van der Waals surface area (Å²) in [4.78, 5) is 0. The normalized spacial score (nSPS) is 11.1. The monoisotopic (exact) mass is 485 g/mol.